The minimum atomic E-state index is 0.468. The van der Waals surface area contributed by atoms with Crippen LogP contribution in [-0.4, -0.2) is 32.3 Å². The van der Waals surface area contributed by atoms with E-state index in [1.807, 2.05) is 12.1 Å². The zero-order chi connectivity index (χ0) is 22.5. The van der Waals surface area contributed by atoms with Crippen LogP contribution in [0, 0.1) is 13.8 Å². The number of aromatic amines is 1. The molecule has 0 spiro atoms. The van der Waals surface area contributed by atoms with E-state index in [-0.39, 0.29) is 0 Å². The number of aryl methyl sites for hydroxylation is 2. The molecule has 32 heavy (non-hydrogen) atoms. The highest BCUT2D eigenvalue weighted by molar-refractivity contribution is 7.80. The third-order valence-corrected chi connectivity index (χ3v) is 6.32. The second kappa shape index (κ2) is 10.1. The largest absolute Gasteiger partial charge is 0.389 e. The summed E-state index contributed by atoms with van der Waals surface area (Å²) in [5.74, 6) is 0.824. The topological polar surface area (TPSA) is 91.6 Å². The highest BCUT2D eigenvalue weighted by atomic mass is 32.1. The Kier molecular flexibility index (Phi) is 7.05. The number of nitrogens with zero attached hydrogens (tertiary/aromatic N) is 2. The first-order valence-electron chi connectivity index (χ1n) is 11.4. The summed E-state index contributed by atoms with van der Waals surface area (Å²) < 4.78 is 0. The smallest absolute Gasteiger partial charge is 0.155 e. The Morgan fingerprint density at radius 3 is 2.00 bits per heavy atom. The quantitative estimate of drug-likeness (QED) is 0.381. The maximum Gasteiger partial charge on any atom is 0.155 e. The molecule has 2 aromatic carbocycles. The number of anilines is 2. The van der Waals surface area contributed by atoms with E-state index in [1.54, 1.807) is 0 Å². The van der Waals surface area contributed by atoms with Gasteiger partial charge in [-0.25, -0.2) is 4.98 Å². The molecule has 2 saturated carbocycles. The molecule has 0 amide bonds. The van der Waals surface area contributed by atoms with Gasteiger partial charge in [0.05, 0.1) is 0 Å². The number of thiocarbonyl (C=S) groups is 1. The van der Waals surface area contributed by atoms with Crippen LogP contribution in [0.15, 0.2) is 42.7 Å². The molecule has 1 heterocycles. The summed E-state index contributed by atoms with van der Waals surface area (Å²) in [6.07, 6.45) is 9.34. The molecular weight excluding hydrogens is 416 g/mol. The lowest BCUT2D eigenvalue weighted by Crippen LogP contribution is -2.27. The van der Waals surface area contributed by atoms with Crippen LogP contribution in [0.4, 0.5) is 11.4 Å². The van der Waals surface area contributed by atoms with Crippen molar-refractivity contribution in [3.05, 3.63) is 59.4 Å². The average Bonchev–Trinajstić information content (AvgIpc) is 3.22. The lowest BCUT2D eigenvalue weighted by atomic mass is 9.93. The van der Waals surface area contributed by atoms with Crippen LogP contribution in [0.1, 0.15) is 55.2 Å². The van der Waals surface area contributed by atoms with Gasteiger partial charge in [0.1, 0.15) is 11.3 Å². The molecule has 2 aliphatic carbocycles. The molecule has 0 unspecified atom stereocenters. The summed E-state index contributed by atoms with van der Waals surface area (Å²) >= 11 is 4.99. The number of hydrogen-bond donors (Lipinski definition) is 4. The lowest BCUT2D eigenvalue weighted by Gasteiger charge is -2.27. The van der Waals surface area contributed by atoms with E-state index in [0.29, 0.717) is 17.1 Å². The van der Waals surface area contributed by atoms with E-state index >= 15 is 0 Å². The molecule has 0 bridgehead atoms. The minimum absolute atomic E-state index is 0.468. The first kappa shape index (κ1) is 22.3. The van der Waals surface area contributed by atoms with Crippen LogP contribution in [0.5, 0.6) is 0 Å². The monoisotopic (exact) mass is 448 g/mol. The summed E-state index contributed by atoms with van der Waals surface area (Å²) in [6.45, 7) is 4.17. The number of nitrogens with two attached hydrogens (primary N) is 1. The van der Waals surface area contributed by atoms with Crippen molar-refractivity contribution in [3.63, 3.8) is 0 Å². The minimum Gasteiger partial charge on any atom is -0.389 e. The van der Waals surface area contributed by atoms with Crippen molar-refractivity contribution in [2.24, 2.45) is 5.73 Å². The second-order valence-electron chi connectivity index (χ2n) is 8.92. The number of H-pyrrole nitrogens is 1. The Labute approximate surface area is 195 Å². The van der Waals surface area contributed by atoms with E-state index in [9.17, 15) is 0 Å². The van der Waals surface area contributed by atoms with Crippen molar-refractivity contribution >= 4 is 28.6 Å². The van der Waals surface area contributed by atoms with Gasteiger partial charge in [0.15, 0.2) is 5.82 Å². The fraction of sp³-hybridized carbons (Fsp3) is 0.400. The molecule has 168 valence electrons. The van der Waals surface area contributed by atoms with Crippen molar-refractivity contribution in [3.8, 4) is 11.4 Å². The van der Waals surface area contributed by atoms with Gasteiger partial charge >= 0.3 is 0 Å². The van der Waals surface area contributed by atoms with Gasteiger partial charge in [-0.3, -0.25) is 5.10 Å². The second-order valence-corrected chi connectivity index (χ2v) is 9.36. The Hall–Kier alpha value is -2.93. The van der Waals surface area contributed by atoms with E-state index in [1.165, 1.54) is 61.7 Å². The predicted octanol–water partition coefficient (Wildman–Crippen LogP) is 5.34. The summed E-state index contributed by atoms with van der Waals surface area (Å²) in [7, 11) is 0. The molecule has 0 saturated heterocycles. The molecule has 5 N–H and O–H groups in total. The van der Waals surface area contributed by atoms with Crippen LogP contribution < -0.4 is 16.4 Å². The van der Waals surface area contributed by atoms with Crippen LogP contribution in [-0.2, 0) is 0 Å². The van der Waals surface area contributed by atoms with Crippen LogP contribution in [0.2, 0.25) is 0 Å². The molecule has 0 radical (unpaired) electrons. The fourth-order valence-corrected chi connectivity index (χ4v) is 4.05. The molecule has 6 nitrogen and oxygen atoms in total. The van der Waals surface area contributed by atoms with Crippen molar-refractivity contribution in [2.75, 3.05) is 10.6 Å². The third-order valence-electron chi connectivity index (χ3n) is 6.08. The number of benzene rings is 2. The summed E-state index contributed by atoms with van der Waals surface area (Å²) in [5, 5.41) is 13.8. The molecule has 3 aromatic rings. The molecule has 7 heteroatoms. The summed E-state index contributed by atoms with van der Waals surface area (Å²) in [5.41, 5.74) is 12.4. The van der Waals surface area contributed by atoms with E-state index < -0.39 is 0 Å². The van der Waals surface area contributed by atoms with E-state index in [2.05, 4.69) is 63.9 Å². The zero-order valence-corrected chi connectivity index (χ0v) is 19.6. The standard InChI is InChI=1S/C13H16N4.C12H16N2S/c1-9-5-10(13-14-8-15-17-13)7-12(6-9)16-11-3-2-4-11;1-8-5-9(12(13)15)7-11(6-8)14-10-3-2-4-10/h5-8,11,16H,2-4H2,1H3,(H,14,15,17);5-7,10,14H,2-4H2,1H3,(H2,13,15). The Bertz CT molecular complexity index is 1050. The highest BCUT2D eigenvalue weighted by Gasteiger charge is 2.18. The molecule has 0 atom stereocenters. The molecule has 2 fully saturated rings. The van der Waals surface area contributed by atoms with Crippen molar-refractivity contribution in [1.29, 1.82) is 0 Å². The van der Waals surface area contributed by atoms with E-state index in [4.69, 9.17) is 18.0 Å². The predicted molar refractivity (Wildman–Crippen MR) is 136 cm³/mol. The molecule has 2 aliphatic rings. The van der Waals surface area contributed by atoms with Gasteiger partial charge < -0.3 is 16.4 Å². The lowest BCUT2D eigenvalue weighted by molar-refractivity contribution is 0.445. The van der Waals surface area contributed by atoms with E-state index in [0.717, 1.165) is 22.6 Å². The maximum absolute atomic E-state index is 5.63. The van der Waals surface area contributed by atoms with Gasteiger partial charge in [-0.05, 0) is 99.9 Å². The SMILES string of the molecule is Cc1cc(NC2CCC2)cc(-c2ncn[nH]2)c1.Cc1cc(NC2CCC2)cc(C(N)=S)c1. The molecular formula is C25H32N6S. The van der Waals surface area contributed by atoms with Gasteiger partial charge in [-0.15, -0.1) is 0 Å². The normalized spacial score (nSPS) is 15.7. The first-order chi connectivity index (χ1) is 15.5. The van der Waals surface area contributed by atoms with Crippen LogP contribution >= 0.6 is 12.2 Å². The van der Waals surface area contributed by atoms with Gasteiger partial charge in [0, 0.05) is 34.6 Å². The first-order valence-corrected chi connectivity index (χ1v) is 11.8. The average molecular weight is 449 g/mol. The Balaban J connectivity index is 0.000000155. The zero-order valence-electron chi connectivity index (χ0n) is 18.8. The number of hydrogen-bond acceptors (Lipinski definition) is 5. The van der Waals surface area contributed by atoms with Crippen molar-refractivity contribution < 1.29 is 0 Å². The van der Waals surface area contributed by atoms with Crippen molar-refractivity contribution in [1.82, 2.24) is 15.2 Å². The maximum atomic E-state index is 5.63. The Morgan fingerprint density at radius 2 is 1.50 bits per heavy atom. The van der Waals surface area contributed by atoms with Crippen LogP contribution in [0.3, 0.4) is 0 Å². The molecule has 5 rings (SSSR count). The van der Waals surface area contributed by atoms with Gasteiger partial charge in [-0.2, -0.15) is 5.10 Å². The number of aromatic nitrogens is 3. The highest BCUT2D eigenvalue weighted by Crippen LogP contribution is 2.27. The van der Waals surface area contributed by atoms with Gasteiger partial charge in [0.2, 0.25) is 0 Å². The van der Waals surface area contributed by atoms with Gasteiger partial charge in [-0.1, -0.05) is 12.2 Å². The molecule has 0 aliphatic heterocycles. The van der Waals surface area contributed by atoms with Crippen molar-refractivity contribution in [2.45, 2.75) is 64.5 Å². The van der Waals surface area contributed by atoms with Gasteiger partial charge in [0.25, 0.3) is 0 Å². The summed E-state index contributed by atoms with van der Waals surface area (Å²) in [4.78, 5) is 4.66. The number of nitrogens with one attached hydrogen (secondary N) is 3. The third kappa shape index (κ3) is 5.85. The Morgan fingerprint density at radius 1 is 0.906 bits per heavy atom. The fourth-order valence-electron chi connectivity index (χ4n) is 3.93. The van der Waals surface area contributed by atoms with Crippen LogP contribution in [0.25, 0.3) is 11.4 Å². The molecule has 1 aromatic heterocycles. The number of rotatable bonds is 6. The summed E-state index contributed by atoms with van der Waals surface area (Å²) in [6, 6.07) is 13.9.